The predicted octanol–water partition coefficient (Wildman–Crippen LogP) is 7.92. The van der Waals surface area contributed by atoms with Crippen LogP contribution in [0, 0.1) is 0 Å². The number of carbonyl (C=O) groups is 3. The van der Waals surface area contributed by atoms with Gasteiger partial charge in [0.1, 0.15) is 11.4 Å². The Labute approximate surface area is 264 Å². The Morgan fingerprint density at radius 3 is 2.33 bits per heavy atom. The van der Waals surface area contributed by atoms with Crippen molar-refractivity contribution in [2.45, 2.75) is 24.0 Å². The summed E-state index contributed by atoms with van der Waals surface area (Å²) in [4.78, 5) is 39.9. The molecule has 0 spiro atoms. The summed E-state index contributed by atoms with van der Waals surface area (Å²) in [6, 6.07) is 27.8. The van der Waals surface area contributed by atoms with E-state index >= 15 is 0 Å². The van der Waals surface area contributed by atoms with Crippen molar-refractivity contribution >= 4 is 70.1 Å². The number of thioether (sulfide) groups is 1. The highest BCUT2D eigenvalue weighted by molar-refractivity contribution is 8.00. The molecule has 10 heteroatoms. The molecule has 0 saturated carbocycles. The molecule has 4 aromatic carbocycles. The fraction of sp³-hybridized carbons (Fsp3) is 0.121. The number of hydrogen-bond donors (Lipinski definition) is 3. The van der Waals surface area contributed by atoms with Gasteiger partial charge in [-0.3, -0.25) is 14.4 Å². The minimum Gasteiger partial charge on any atom is -0.494 e. The number of rotatable bonds is 11. The van der Waals surface area contributed by atoms with Gasteiger partial charge >= 0.3 is 0 Å². The number of carbonyl (C=O) groups excluding carboxylic acids is 3. The van der Waals surface area contributed by atoms with E-state index in [1.165, 1.54) is 11.8 Å². The second-order valence-electron chi connectivity index (χ2n) is 9.24. The maximum absolute atomic E-state index is 13.4. The molecule has 1 unspecified atom stereocenters. The van der Waals surface area contributed by atoms with Gasteiger partial charge in [-0.05, 0) is 86.2 Å². The van der Waals surface area contributed by atoms with Crippen LogP contribution in [0.25, 0.3) is 6.08 Å². The van der Waals surface area contributed by atoms with Gasteiger partial charge in [0.25, 0.3) is 11.8 Å². The van der Waals surface area contributed by atoms with Gasteiger partial charge in [0, 0.05) is 21.2 Å². The molecule has 0 bridgehead atoms. The van der Waals surface area contributed by atoms with E-state index in [1.807, 2.05) is 19.1 Å². The van der Waals surface area contributed by atoms with Crippen LogP contribution in [0.2, 0.25) is 10.0 Å². The van der Waals surface area contributed by atoms with Crippen molar-refractivity contribution in [2.75, 3.05) is 17.2 Å². The van der Waals surface area contributed by atoms with Crippen molar-refractivity contribution in [2.24, 2.45) is 0 Å². The molecule has 0 fully saturated rings. The first-order chi connectivity index (χ1) is 20.7. The molecule has 0 radical (unpaired) electrons. The lowest BCUT2D eigenvalue weighted by molar-refractivity contribution is -0.115. The summed E-state index contributed by atoms with van der Waals surface area (Å²) in [6.45, 7) is 4.20. The number of ether oxygens (including phenoxy) is 1. The molecule has 0 aliphatic rings. The lowest BCUT2D eigenvalue weighted by Gasteiger charge is -2.15. The number of benzene rings is 4. The summed E-state index contributed by atoms with van der Waals surface area (Å²) in [5.74, 6) is -0.471. The molecule has 43 heavy (non-hydrogen) atoms. The monoisotopic (exact) mass is 633 g/mol. The predicted molar refractivity (Wildman–Crippen MR) is 175 cm³/mol. The van der Waals surface area contributed by atoms with Crippen LogP contribution in [-0.4, -0.2) is 29.6 Å². The van der Waals surface area contributed by atoms with E-state index in [4.69, 9.17) is 27.9 Å². The molecule has 7 nitrogen and oxygen atoms in total. The van der Waals surface area contributed by atoms with Crippen LogP contribution in [-0.2, 0) is 9.59 Å². The third-order valence-corrected chi connectivity index (χ3v) is 7.64. The fourth-order valence-electron chi connectivity index (χ4n) is 3.86. The Balaban J connectivity index is 1.48. The zero-order valence-electron chi connectivity index (χ0n) is 23.4. The van der Waals surface area contributed by atoms with Crippen molar-refractivity contribution in [3.8, 4) is 5.75 Å². The SMILES string of the molecule is CCOc1ccc(/C=C(/NC(=O)c2ccccc2)C(=O)Nc2cccc(SC(C)C(=O)Nc3ccc(Cl)cc3Cl)c2)cc1. The molecule has 0 aromatic heterocycles. The molecule has 0 aliphatic heterocycles. The van der Waals surface area contributed by atoms with Gasteiger partial charge in [0.05, 0.1) is 22.6 Å². The van der Waals surface area contributed by atoms with Gasteiger partial charge in [0.2, 0.25) is 5.91 Å². The Bertz CT molecular complexity index is 1630. The molecular formula is C33H29Cl2N3O4S. The van der Waals surface area contributed by atoms with Crippen LogP contribution in [0.5, 0.6) is 5.75 Å². The number of hydrogen-bond acceptors (Lipinski definition) is 5. The summed E-state index contributed by atoms with van der Waals surface area (Å²) >= 11 is 13.4. The van der Waals surface area contributed by atoms with Crippen molar-refractivity contribution in [3.63, 3.8) is 0 Å². The lowest BCUT2D eigenvalue weighted by Crippen LogP contribution is -2.30. The smallest absolute Gasteiger partial charge is 0.272 e. The van der Waals surface area contributed by atoms with Gasteiger partial charge in [-0.2, -0.15) is 0 Å². The average molecular weight is 635 g/mol. The summed E-state index contributed by atoms with van der Waals surface area (Å²) in [6.07, 6.45) is 1.60. The van der Waals surface area contributed by atoms with Crippen molar-refractivity contribution in [1.29, 1.82) is 0 Å². The number of nitrogens with one attached hydrogen (secondary N) is 3. The van der Waals surface area contributed by atoms with E-state index < -0.39 is 17.1 Å². The number of amides is 3. The van der Waals surface area contributed by atoms with Crippen LogP contribution in [0.1, 0.15) is 29.8 Å². The largest absolute Gasteiger partial charge is 0.494 e. The quantitative estimate of drug-likeness (QED) is 0.115. The van der Waals surface area contributed by atoms with Crippen molar-refractivity contribution in [1.82, 2.24) is 5.32 Å². The van der Waals surface area contributed by atoms with Crippen molar-refractivity contribution < 1.29 is 19.1 Å². The minimum atomic E-state index is -0.511. The van der Waals surface area contributed by atoms with E-state index in [2.05, 4.69) is 16.0 Å². The molecule has 1 atom stereocenters. The molecule has 0 heterocycles. The fourth-order valence-corrected chi connectivity index (χ4v) is 5.25. The minimum absolute atomic E-state index is 0.0589. The lowest BCUT2D eigenvalue weighted by atomic mass is 10.1. The molecular weight excluding hydrogens is 605 g/mol. The maximum atomic E-state index is 13.4. The third kappa shape index (κ3) is 9.38. The first kappa shape index (κ1) is 31.7. The highest BCUT2D eigenvalue weighted by Gasteiger charge is 2.18. The second-order valence-corrected chi connectivity index (χ2v) is 11.5. The second kappa shape index (κ2) is 15.3. The summed E-state index contributed by atoms with van der Waals surface area (Å²) in [7, 11) is 0. The standard InChI is InChI=1S/C33H29Cl2N3O4S/c1-3-42-26-15-12-22(13-16-26)18-30(38-32(40)23-8-5-4-6-9-23)33(41)36-25-10-7-11-27(20-25)43-21(2)31(39)37-29-17-14-24(34)19-28(29)35/h4-21H,3H2,1-2H3,(H,36,41)(H,37,39)(H,38,40)/b30-18+. The van der Waals surface area contributed by atoms with E-state index in [-0.39, 0.29) is 11.6 Å². The van der Waals surface area contributed by atoms with E-state index in [1.54, 1.807) is 97.9 Å². The van der Waals surface area contributed by atoms with Crippen LogP contribution in [0.15, 0.2) is 108 Å². The van der Waals surface area contributed by atoms with Crippen LogP contribution in [0.3, 0.4) is 0 Å². The summed E-state index contributed by atoms with van der Waals surface area (Å²) in [5.41, 5.74) is 2.14. The van der Waals surface area contributed by atoms with Gasteiger partial charge in [-0.15, -0.1) is 11.8 Å². The van der Waals surface area contributed by atoms with Crippen LogP contribution >= 0.6 is 35.0 Å². The molecule has 3 amide bonds. The van der Waals surface area contributed by atoms with E-state index in [9.17, 15) is 14.4 Å². The maximum Gasteiger partial charge on any atom is 0.272 e. The van der Waals surface area contributed by atoms with E-state index in [0.29, 0.717) is 44.9 Å². The first-order valence-electron chi connectivity index (χ1n) is 13.4. The summed E-state index contributed by atoms with van der Waals surface area (Å²) < 4.78 is 5.50. The zero-order valence-corrected chi connectivity index (χ0v) is 25.7. The van der Waals surface area contributed by atoms with Crippen LogP contribution in [0.4, 0.5) is 11.4 Å². The number of anilines is 2. The number of halogens is 2. The molecule has 0 saturated heterocycles. The molecule has 4 aromatic rings. The van der Waals surface area contributed by atoms with Gasteiger partial charge in [-0.25, -0.2) is 0 Å². The first-order valence-corrected chi connectivity index (χ1v) is 15.0. The van der Waals surface area contributed by atoms with Gasteiger partial charge in [0.15, 0.2) is 0 Å². The molecule has 0 aliphatic carbocycles. The highest BCUT2D eigenvalue weighted by Crippen LogP contribution is 2.29. The van der Waals surface area contributed by atoms with Crippen LogP contribution < -0.4 is 20.7 Å². The Hall–Kier alpha value is -4.24. The average Bonchev–Trinajstić information content (AvgIpc) is 2.99. The Morgan fingerprint density at radius 2 is 1.63 bits per heavy atom. The van der Waals surface area contributed by atoms with Gasteiger partial charge < -0.3 is 20.7 Å². The molecule has 3 N–H and O–H groups in total. The Morgan fingerprint density at radius 1 is 0.884 bits per heavy atom. The molecule has 220 valence electrons. The normalized spacial score (nSPS) is 11.8. The highest BCUT2D eigenvalue weighted by atomic mass is 35.5. The van der Waals surface area contributed by atoms with E-state index in [0.717, 1.165) is 4.90 Å². The van der Waals surface area contributed by atoms with Crippen molar-refractivity contribution in [3.05, 3.63) is 124 Å². The zero-order chi connectivity index (χ0) is 30.8. The Kier molecular flexibility index (Phi) is 11.3. The topological polar surface area (TPSA) is 96.5 Å². The third-order valence-electron chi connectivity index (χ3n) is 5.99. The van der Waals surface area contributed by atoms with Gasteiger partial charge in [-0.1, -0.05) is 59.6 Å². The molecule has 4 rings (SSSR count). The summed E-state index contributed by atoms with van der Waals surface area (Å²) in [5, 5.41) is 8.74.